The highest BCUT2D eigenvalue weighted by atomic mass is 35.5. The topological polar surface area (TPSA) is 6.48 Å². The van der Waals surface area contributed by atoms with E-state index >= 15 is 0 Å². The third kappa shape index (κ3) is 14.8. The van der Waals surface area contributed by atoms with Crippen LogP contribution in [0.3, 0.4) is 0 Å². The Hall–Kier alpha value is -7.56. The molecule has 0 N–H and O–H groups in total. The third-order valence-corrected chi connectivity index (χ3v) is 20.8. The van der Waals surface area contributed by atoms with Crippen molar-refractivity contribution in [1.82, 2.24) is 0 Å². The van der Waals surface area contributed by atoms with Gasteiger partial charge in [0.1, 0.15) is 0 Å². The predicted octanol–water partition coefficient (Wildman–Crippen LogP) is 28.4. The fraction of sp³-hybridized carbons (Fsp3) is 0.400. The van der Waals surface area contributed by atoms with Gasteiger partial charge in [-0.2, -0.15) is 0 Å². The van der Waals surface area contributed by atoms with Gasteiger partial charge in [0.15, 0.2) is 0 Å². The average Bonchev–Trinajstić information content (AvgIpc) is 0.676. The summed E-state index contributed by atoms with van der Waals surface area (Å²) in [6.45, 7) is 56.6. The van der Waals surface area contributed by atoms with Crippen LogP contribution in [-0.2, 0) is 54.1 Å². The first-order chi connectivity index (χ1) is 55.8. The molecule has 5 heteroatoms. The first-order valence-corrected chi connectivity index (χ1v) is 38.0. The van der Waals surface area contributed by atoms with E-state index in [0.29, 0.717) is 44.6 Å². The first-order valence-electron chi connectivity index (χ1n) is 46.2. The molecular weight excluding hydrogens is 1310 g/mol. The third-order valence-electron chi connectivity index (χ3n) is 20.3. The number of fused-ring (bicyclic) bond motifs is 4. The van der Waals surface area contributed by atoms with E-state index in [0.717, 1.165) is 11.1 Å². The molecule has 0 bridgehead atoms. The molecule has 2 aliphatic rings. The highest BCUT2D eigenvalue weighted by Gasteiger charge is 2.47. The largest absolute Gasteiger partial charge is 0.310 e. The highest BCUT2D eigenvalue weighted by molar-refractivity contribution is 7.00. The SMILES string of the molecule is [2H]c1c([2H])c(C(C)(C)C)c(-c2c([2H])c(C(C)(C)C)c([2H])c(-c3c([2H])c([2H])c(C(C)(C)C)c([2H])c3[2H])c2N2c3cc(Cl)ccc3B3c4ccc(Cl)cc4N(c4c(-c5c([2H])c([2H])c(C(C)(C)C)c([2H])c5[2H])c([2H])c(C(C)(C)C)c([2H])c4-c4c([2H])c([2H])c(C(C)(C)C)c([2H])c4C(C)(C)C)c4cc(-c5cc(C(C)(C)C)cc(C(C)(C)C)c5)cc2c43)c(C(C)(C)C)c1[2H]. The van der Waals surface area contributed by atoms with Crippen molar-refractivity contribution in [2.45, 2.75) is 262 Å². The van der Waals surface area contributed by atoms with Crippen molar-refractivity contribution in [2.75, 3.05) is 9.80 Å². The van der Waals surface area contributed by atoms with Crippen molar-refractivity contribution in [2.24, 2.45) is 0 Å². The normalized spacial score (nSPS) is 16.4. The molecule has 0 unspecified atom stereocenters. The molecule has 0 fully saturated rings. The van der Waals surface area contributed by atoms with Crippen LogP contribution in [0.15, 0.2) is 175 Å². The van der Waals surface area contributed by atoms with Gasteiger partial charge in [0.05, 0.1) is 36.0 Å². The second kappa shape index (κ2) is 26.1. The molecule has 105 heavy (non-hydrogen) atoms. The maximum Gasteiger partial charge on any atom is 0.252 e. The van der Waals surface area contributed by atoms with Crippen molar-refractivity contribution in [3.8, 4) is 55.6 Å². The zero-order valence-corrected chi connectivity index (χ0v) is 69.6. The summed E-state index contributed by atoms with van der Waals surface area (Å²) in [5.74, 6) is 0. The number of anilines is 6. The number of halogens is 2. The fourth-order valence-electron chi connectivity index (χ4n) is 14.2. The lowest BCUT2D eigenvalue weighted by Gasteiger charge is -2.46. The Balaban J connectivity index is 1.53. The smallest absolute Gasteiger partial charge is 0.252 e. The Kier molecular flexibility index (Phi) is 14.1. The summed E-state index contributed by atoms with van der Waals surface area (Å²) in [6.07, 6.45) is 0. The summed E-state index contributed by atoms with van der Waals surface area (Å²) < 4.78 is 192. The zero-order valence-electron chi connectivity index (χ0n) is 86.1. The van der Waals surface area contributed by atoms with Crippen LogP contribution in [0, 0.1) is 0 Å². The van der Waals surface area contributed by atoms with Gasteiger partial charge in [-0.15, -0.1) is 0 Å². The summed E-state index contributed by atoms with van der Waals surface area (Å²) in [7, 11) is 0. The van der Waals surface area contributed by atoms with Gasteiger partial charge >= 0.3 is 0 Å². The van der Waals surface area contributed by atoms with E-state index in [9.17, 15) is 24.7 Å². The molecule has 0 aliphatic carbocycles. The van der Waals surface area contributed by atoms with Crippen LogP contribution in [0.5, 0.6) is 0 Å². The van der Waals surface area contributed by atoms with Gasteiger partial charge in [0.25, 0.3) is 6.71 Å². The summed E-state index contributed by atoms with van der Waals surface area (Å²) >= 11 is 15.4. The number of hydrogen-bond donors (Lipinski definition) is 0. The fourth-order valence-corrected chi connectivity index (χ4v) is 14.5. The van der Waals surface area contributed by atoms with Gasteiger partial charge in [-0.25, -0.2) is 0 Å². The molecule has 2 aliphatic heterocycles. The van der Waals surface area contributed by atoms with Gasteiger partial charge < -0.3 is 9.80 Å². The summed E-state index contributed by atoms with van der Waals surface area (Å²) in [6, 6.07) is 14.8. The molecule has 546 valence electrons. The quantitative estimate of drug-likeness (QED) is 0.147. The molecule has 0 saturated heterocycles. The number of nitrogens with zero attached hydrogens (tertiary/aromatic N) is 2. The monoisotopic (exact) mass is 1450 g/mol. The molecule has 0 saturated carbocycles. The molecule has 10 aromatic rings. The van der Waals surface area contributed by atoms with Crippen molar-refractivity contribution in [1.29, 1.82) is 0 Å². The molecule has 0 spiro atoms. The number of rotatable bonds is 7. The summed E-state index contributed by atoms with van der Waals surface area (Å²) in [4.78, 5) is 3.75. The Morgan fingerprint density at radius 2 is 0.619 bits per heavy atom. The Morgan fingerprint density at radius 3 is 0.990 bits per heavy atom. The maximum atomic E-state index is 11.6. The van der Waals surface area contributed by atoms with Crippen LogP contribution < -0.4 is 26.2 Å². The maximum absolute atomic E-state index is 11.6. The molecule has 0 radical (unpaired) electrons. The van der Waals surface area contributed by atoms with Gasteiger partial charge in [0, 0.05) is 55.0 Å². The number of benzene rings is 10. The van der Waals surface area contributed by atoms with E-state index in [1.807, 2.05) is 200 Å². The van der Waals surface area contributed by atoms with E-state index < -0.39 is 85.0 Å². The first kappa shape index (κ1) is 56.7. The predicted molar refractivity (Wildman–Crippen MR) is 465 cm³/mol. The van der Waals surface area contributed by atoms with Crippen molar-refractivity contribution < 1.29 is 24.7 Å². The van der Waals surface area contributed by atoms with Crippen molar-refractivity contribution in [3.05, 3.63) is 241 Å². The van der Waals surface area contributed by atoms with Crippen LogP contribution in [0.1, 0.15) is 288 Å². The van der Waals surface area contributed by atoms with Crippen LogP contribution in [0.25, 0.3) is 55.6 Å². The molecule has 0 amide bonds. The summed E-state index contributed by atoms with van der Waals surface area (Å²) in [5.41, 5.74) is -3.22. The Labute approximate surface area is 670 Å². The second-order valence-corrected chi connectivity index (χ2v) is 40.6. The molecule has 2 heterocycles. The molecule has 0 aromatic heterocycles. The van der Waals surface area contributed by atoms with E-state index in [4.69, 9.17) is 23.2 Å². The molecule has 10 aromatic carbocycles. The van der Waals surface area contributed by atoms with Gasteiger partial charge in [0.2, 0.25) is 0 Å². The summed E-state index contributed by atoms with van der Waals surface area (Å²) in [5, 5.41) is 0.426. The van der Waals surface area contributed by atoms with E-state index in [1.165, 1.54) is 0 Å². The van der Waals surface area contributed by atoms with Crippen LogP contribution in [0.4, 0.5) is 34.1 Å². The minimum absolute atomic E-state index is 0.0223. The minimum Gasteiger partial charge on any atom is -0.310 e. The highest BCUT2D eigenvalue weighted by Crippen LogP contribution is 2.58. The lowest BCUT2D eigenvalue weighted by molar-refractivity contribution is 0.568. The average molecular weight is 1450 g/mol. The lowest BCUT2D eigenvalue weighted by Crippen LogP contribution is -2.61. The van der Waals surface area contributed by atoms with Crippen LogP contribution in [0.2, 0.25) is 10.0 Å². The standard InChI is InChI=1S/C100H119BCl2N2/c1-91(2,3)64-38-34-60(35-39-64)74-53-69(96(16,17)18)55-76(73-45-42-66(93(7,8)9)57-80(73)100(28,29)30)89(74)104-83-58-71(102)43-46-81(83)101-82-47-44-72(103)59-84(82)105(86-51-63(50-85(104)88(86)101)62-48-67(94(10,11)12)52-68(49-62)95(13,14)15)90-75(61-36-40-65(41-37-61)92(4,5)6)54-70(97(19,20)21)56-77(90)87-78(98(22,23)24)32-31-33-79(87)99(25,26)27/h31-59H,1-30H3/i31D,32D,33D,34D,35D,36D,37D,38D,39D,40D,41D,42D,45D,53D,54D,55D,56D,57D. The lowest BCUT2D eigenvalue weighted by atomic mass is 9.33. The van der Waals surface area contributed by atoms with E-state index in [1.54, 1.807) is 24.3 Å². The molecular formula is C100H119BCl2N2. The van der Waals surface area contributed by atoms with Crippen LogP contribution in [-0.4, -0.2) is 6.71 Å². The minimum atomic E-state index is -1.18. The van der Waals surface area contributed by atoms with Gasteiger partial charge in [-0.3, -0.25) is 0 Å². The van der Waals surface area contributed by atoms with Gasteiger partial charge in [-0.05, 0) is 220 Å². The van der Waals surface area contributed by atoms with Gasteiger partial charge in [-0.1, -0.05) is 346 Å². The van der Waals surface area contributed by atoms with Crippen LogP contribution >= 0.6 is 23.2 Å². The van der Waals surface area contributed by atoms with Crippen molar-refractivity contribution >= 4 is 80.4 Å². The van der Waals surface area contributed by atoms with E-state index in [2.05, 4.69) is 59.7 Å². The Morgan fingerprint density at radius 1 is 0.276 bits per heavy atom. The molecule has 12 rings (SSSR count). The zero-order chi connectivity index (χ0) is 92.8. The van der Waals surface area contributed by atoms with E-state index in [-0.39, 0.29) is 201 Å². The Bertz CT molecular complexity index is 6040. The second-order valence-electron chi connectivity index (χ2n) is 39.7. The van der Waals surface area contributed by atoms with Crippen molar-refractivity contribution in [3.63, 3.8) is 0 Å². The number of hydrogen-bond acceptors (Lipinski definition) is 2. The molecule has 0 atom stereocenters. The molecule has 2 nitrogen and oxygen atoms in total.